The maximum Gasteiger partial charge on any atom is 0.255 e. The summed E-state index contributed by atoms with van der Waals surface area (Å²) in [6.45, 7) is 0. The molecule has 1 fully saturated rings. The number of hydrogen-bond donors (Lipinski definition) is 1. The molecule has 0 atom stereocenters. The van der Waals surface area contributed by atoms with Gasteiger partial charge in [-0.25, -0.2) is 12.7 Å². The minimum Gasteiger partial charge on any atom is -0.495 e. The quantitative estimate of drug-likeness (QED) is 0.860. The predicted molar refractivity (Wildman–Crippen MR) is 98.3 cm³/mol. The van der Waals surface area contributed by atoms with Crippen LogP contribution in [0.25, 0.3) is 0 Å². The number of carbonyl (C=O) groups is 2. The molecule has 0 aliphatic carbocycles. The van der Waals surface area contributed by atoms with Gasteiger partial charge in [-0.1, -0.05) is 17.7 Å². The van der Waals surface area contributed by atoms with Gasteiger partial charge in [0.2, 0.25) is 15.9 Å². The minimum absolute atomic E-state index is 0.0710. The Morgan fingerprint density at radius 3 is 2.65 bits per heavy atom. The fraction of sp³-hybridized carbons (Fsp3) is 0.176. The van der Waals surface area contributed by atoms with Crippen LogP contribution in [0.5, 0.6) is 5.75 Å². The van der Waals surface area contributed by atoms with Crippen molar-refractivity contribution in [3.63, 3.8) is 0 Å². The molecule has 1 aliphatic rings. The number of sulfonamides is 1. The van der Waals surface area contributed by atoms with E-state index in [1.807, 2.05) is 0 Å². The van der Waals surface area contributed by atoms with Gasteiger partial charge in [-0.2, -0.15) is 0 Å². The lowest BCUT2D eigenvalue weighted by molar-refractivity contribution is -0.116. The van der Waals surface area contributed by atoms with E-state index in [1.165, 1.54) is 37.4 Å². The van der Waals surface area contributed by atoms with Crippen molar-refractivity contribution in [2.75, 3.05) is 22.5 Å². The third-order valence-corrected chi connectivity index (χ3v) is 5.76. The number of halogens is 1. The molecule has 136 valence electrons. The second kappa shape index (κ2) is 6.97. The van der Waals surface area contributed by atoms with Crippen LogP contribution in [0.1, 0.15) is 16.8 Å². The van der Waals surface area contributed by atoms with E-state index < -0.39 is 21.8 Å². The highest BCUT2D eigenvalue weighted by molar-refractivity contribution is 7.94. The van der Waals surface area contributed by atoms with Crippen molar-refractivity contribution < 1.29 is 22.7 Å². The molecule has 2 amide bonds. The van der Waals surface area contributed by atoms with Crippen LogP contribution in [0.3, 0.4) is 0 Å². The Morgan fingerprint density at radius 2 is 2.00 bits per heavy atom. The first-order chi connectivity index (χ1) is 12.3. The highest BCUT2D eigenvalue weighted by atomic mass is 35.5. The molecule has 2 aromatic rings. The maximum absolute atomic E-state index is 12.5. The van der Waals surface area contributed by atoms with Crippen molar-refractivity contribution in [3.8, 4) is 5.75 Å². The Kier molecular flexibility index (Phi) is 4.88. The molecule has 0 spiro atoms. The van der Waals surface area contributed by atoms with Crippen LogP contribution in [0.4, 0.5) is 11.4 Å². The Balaban J connectivity index is 1.90. The molecule has 7 nitrogen and oxygen atoms in total. The number of amides is 2. The zero-order valence-corrected chi connectivity index (χ0v) is 15.3. The highest BCUT2D eigenvalue weighted by Gasteiger charge is 2.36. The van der Waals surface area contributed by atoms with Crippen molar-refractivity contribution in [1.82, 2.24) is 0 Å². The normalized spacial score (nSPS) is 15.8. The SMILES string of the molecule is COc1ccc(Cl)cc1NC(=O)c1cccc(N2C(=O)CCS2(=O)=O)c1. The summed E-state index contributed by atoms with van der Waals surface area (Å²) < 4.78 is 30.0. The van der Waals surface area contributed by atoms with Crippen LogP contribution in [-0.4, -0.2) is 33.1 Å². The molecule has 26 heavy (non-hydrogen) atoms. The molecule has 0 unspecified atom stereocenters. The van der Waals surface area contributed by atoms with E-state index in [0.29, 0.717) is 16.5 Å². The first kappa shape index (κ1) is 18.2. The van der Waals surface area contributed by atoms with Gasteiger partial charge in [0.1, 0.15) is 5.75 Å². The first-order valence-electron chi connectivity index (χ1n) is 7.62. The number of nitrogens with one attached hydrogen (secondary N) is 1. The van der Waals surface area contributed by atoms with Crippen molar-refractivity contribution in [1.29, 1.82) is 0 Å². The van der Waals surface area contributed by atoms with E-state index in [9.17, 15) is 18.0 Å². The number of nitrogens with zero attached hydrogens (tertiary/aromatic N) is 1. The summed E-state index contributed by atoms with van der Waals surface area (Å²) in [6.07, 6.45) is -0.0710. The fourth-order valence-electron chi connectivity index (χ4n) is 2.61. The molecule has 2 aromatic carbocycles. The van der Waals surface area contributed by atoms with Gasteiger partial charge in [0.05, 0.1) is 24.2 Å². The van der Waals surface area contributed by atoms with Gasteiger partial charge >= 0.3 is 0 Å². The second-order valence-electron chi connectivity index (χ2n) is 5.57. The first-order valence-corrected chi connectivity index (χ1v) is 9.61. The largest absolute Gasteiger partial charge is 0.495 e. The zero-order valence-electron chi connectivity index (χ0n) is 13.7. The minimum atomic E-state index is -3.69. The van der Waals surface area contributed by atoms with Gasteiger partial charge in [-0.3, -0.25) is 9.59 Å². The smallest absolute Gasteiger partial charge is 0.255 e. The Labute approximate surface area is 155 Å². The number of carbonyl (C=O) groups excluding carboxylic acids is 2. The average molecular weight is 395 g/mol. The summed E-state index contributed by atoms with van der Waals surface area (Å²) >= 11 is 5.94. The van der Waals surface area contributed by atoms with E-state index in [1.54, 1.807) is 12.1 Å². The van der Waals surface area contributed by atoms with Crippen LogP contribution in [0.2, 0.25) is 5.02 Å². The van der Waals surface area contributed by atoms with Crippen LogP contribution < -0.4 is 14.4 Å². The fourth-order valence-corrected chi connectivity index (χ4v) is 4.24. The number of hydrogen-bond acceptors (Lipinski definition) is 5. The molecule has 0 radical (unpaired) electrons. The predicted octanol–water partition coefficient (Wildman–Crippen LogP) is 2.67. The molecule has 0 aromatic heterocycles. The number of benzene rings is 2. The number of methoxy groups -OCH3 is 1. The number of anilines is 2. The number of ether oxygens (including phenoxy) is 1. The lowest BCUT2D eigenvalue weighted by atomic mass is 10.1. The van der Waals surface area contributed by atoms with Crippen molar-refractivity contribution in [2.45, 2.75) is 6.42 Å². The molecular weight excluding hydrogens is 380 g/mol. The van der Waals surface area contributed by atoms with Crippen molar-refractivity contribution >= 4 is 44.8 Å². The third-order valence-electron chi connectivity index (χ3n) is 3.83. The molecule has 0 saturated carbocycles. The van der Waals surface area contributed by atoms with Crippen molar-refractivity contribution in [2.24, 2.45) is 0 Å². The Bertz CT molecular complexity index is 990. The van der Waals surface area contributed by atoms with E-state index >= 15 is 0 Å². The standard InChI is InChI=1S/C17H15ClN2O5S/c1-25-15-6-5-12(18)10-14(15)19-17(22)11-3-2-4-13(9-11)20-16(21)7-8-26(20,23)24/h2-6,9-10H,7-8H2,1H3,(H,19,22). The summed E-state index contributed by atoms with van der Waals surface area (Å²) in [7, 11) is -2.23. The van der Waals surface area contributed by atoms with E-state index in [0.717, 1.165) is 4.31 Å². The molecule has 0 bridgehead atoms. The van der Waals surface area contributed by atoms with Gasteiger partial charge < -0.3 is 10.1 Å². The van der Waals surface area contributed by atoms with E-state index in [2.05, 4.69) is 5.32 Å². The molecule has 1 aliphatic heterocycles. The third kappa shape index (κ3) is 3.51. The van der Waals surface area contributed by atoms with Gasteiger partial charge in [-0.05, 0) is 36.4 Å². The lowest BCUT2D eigenvalue weighted by Gasteiger charge is -2.16. The summed E-state index contributed by atoms with van der Waals surface area (Å²) in [5, 5.41) is 3.09. The maximum atomic E-state index is 12.5. The number of rotatable bonds is 4. The highest BCUT2D eigenvalue weighted by Crippen LogP contribution is 2.29. The molecule has 1 N–H and O–H groups in total. The zero-order chi connectivity index (χ0) is 18.9. The van der Waals surface area contributed by atoms with Crippen LogP contribution in [0, 0.1) is 0 Å². The Morgan fingerprint density at radius 1 is 1.23 bits per heavy atom. The molecular formula is C17H15ClN2O5S. The lowest BCUT2D eigenvalue weighted by Crippen LogP contribution is -2.29. The molecule has 3 rings (SSSR count). The summed E-state index contributed by atoms with van der Waals surface area (Å²) in [6, 6.07) is 10.6. The van der Waals surface area contributed by atoms with E-state index in [4.69, 9.17) is 16.3 Å². The summed E-state index contributed by atoms with van der Waals surface area (Å²) in [5.74, 6) is -0.811. The van der Waals surface area contributed by atoms with Crippen LogP contribution in [-0.2, 0) is 14.8 Å². The molecule has 9 heteroatoms. The average Bonchev–Trinajstić information content (AvgIpc) is 2.88. The summed E-state index contributed by atoms with van der Waals surface area (Å²) in [4.78, 5) is 24.4. The Hall–Kier alpha value is -2.58. The van der Waals surface area contributed by atoms with Crippen LogP contribution >= 0.6 is 11.6 Å². The monoisotopic (exact) mass is 394 g/mol. The van der Waals surface area contributed by atoms with Crippen LogP contribution in [0.15, 0.2) is 42.5 Å². The molecule has 1 saturated heterocycles. The van der Waals surface area contributed by atoms with Crippen molar-refractivity contribution in [3.05, 3.63) is 53.1 Å². The molecule has 1 heterocycles. The van der Waals surface area contributed by atoms with Gasteiger partial charge in [0, 0.05) is 17.0 Å². The van der Waals surface area contributed by atoms with Gasteiger partial charge in [-0.15, -0.1) is 0 Å². The topological polar surface area (TPSA) is 92.8 Å². The van der Waals surface area contributed by atoms with Gasteiger partial charge in [0.25, 0.3) is 5.91 Å². The second-order valence-corrected chi connectivity index (χ2v) is 7.95. The summed E-state index contributed by atoms with van der Waals surface area (Å²) in [5.41, 5.74) is 0.706. The van der Waals surface area contributed by atoms with E-state index in [-0.39, 0.29) is 23.4 Å². The van der Waals surface area contributed by atoms with Gasteiger partial charge in [0.15, 0.2) is 0 Å².